The molecule has 0 bridgehead atoms. The minimum atomic E-state index is -2.17. The predicted octanol–water partition coefficient (Wildman–Crippen LogP) is 7.16. The fourth-order valence-corrected chi connectivity index (χ4v) is 6.86. The largest absolute Gasteiger partial charge is 0.460 e. The number of methoxy groups -OCH3 is 1. The highest BCUT2D eigenvalue weighted by atomic mass is 28.4. The Morgan fingerprint density at radius 1 is 0.938 bits per heavy atom. The number of hydrogen-bond acceptors (Lipinski definition) is 10. The number of ether oxygens (including phenoxy) is 6. The van der Waals surface area contributed by atoms with Gasteiger partial charge in [0.2, 0.25) is 0 Å². The number of nitrogens with one attached hydrogen (secondary N) is 1. The summed E-state index contributed by atoms with van der Waals surface area (Å²) in [6, 6.07) is 8.44. The fourth-order valence-electron chi connectivity index (χ4n) is 4.79. The normalized spacial score (nSPS) is 20.5. The van der Waals surface area contributed by atoms with Crippen molar-refractivity contribution in [2.75, 3.05) is 27.1 Å². The van der Waals surface area contributed by atoms with Gasteiger partial charge in [-0.1, -0.05) is 71.9 Å². The van der Waals surface area contributed by atoms with E-state index in [1.54, 1.807) is 0 Å². The van der Waals surface area contributed by atoms with Gasteiger partial charge in [-0.15, -0.1) is 0 Å². The maximum absolute atomic E-state index is 13.5. The monoisotopic (exact) mass is 713 g/mol. The first kappa shape index (κ1) is 42.3. The molecule has 0 aromatic heterocycles. The van der Waals surface area contributed by atoms with E-state index >= 15 is 0 Å². The molecule has 1 saturated heterocycles. The van der Waals surface area contributed by atoms with E-state index in [4.69, 9.17) is 37.3 Å². The minimum Gasteiger partial charge on any atom is -0.460 e. The van der Waals surface area contributed by atoms with Gasteiger partial charge in [0, 0.05) is 27.1 Å². The van der Waals surface area contributed by atoms with Crippen molar-refractivity contribution in [3.05, 3.63) is 35.9 Å². The third kappa shape index (κ3) is 12.8. The van der Waals surface area contributed by atoms with Crippen molar-refractivity contribution in [1.29, 1.82) is 0 Å². The molecule has 0 aliphatic carbocycles. The van der Waals surface area contributed by atoms with Crippen LogP contribution in [0.15, 0.2) is 30.3 Å². The smallest absolute Gasteiger partial charge is 0.407 e. The van der Waals surface area contributed by atoms with Gasteiger partial charge in [-0.25, -0.2) is 4.79 Å². The van der Waals surface area contributed by atoms with Crippen molar-refractivity contribution in [3.8, 4) is 0 Å². The molecule has 2 rings (SSSR count). The summed E-state index contributed by atoms with van der Waals surface area (Å²) < 4.78 is 49.2. The fraction of sp³-hybridized carbons (Fsp3) is 0.771. The number of benzene rings is 1. The molecular weight excluding hydrogens is 651 g/mol. The topological polar surface area (TPSA) is 120 Å². The molecule has 0 unspecified atom stereocenters. The van der Waals surface area contributed by atoms with Crippen LogP contribution in [0.4, 0.5) is 4.79 Å². The summed E-state index contributed by atoms with van der Waals surface area (Å²) >= 11 is 0. The molecule has 5 atom stereocenters. The second-order valence-electron chi connectivity index (χ2n) is 16.0. The lowest BCUT2D eigenvalue weighted by atomic mass is 9.95. The number of amides is 1. The summed E-state index contributed by atoms with van der Waals surface area (Å²) in [4.78, 5) is 26.0. The van der Waals surface area contributed by atoms with Crippen LogP contribution in [-0.4, -0.2) is 92.1 Å². The highest BCUT2D eigenvalue weighted by Crippen LogP contribution is 2.39. The SMILES string of the molecule is COCO[C@H]([C@H](NC(=O)OCc1ccccc1)[C@H](CCO[Si](C)(C)C(C)(C)C)OC(C)=O)[C@@H]1OC(C)(C)O[C@H]1CO[Si](C)(C)C(C)(C)C. The highest BCUT2D eigenvalue weighted by molar-refractivity contribution is 6.74. The van der Waals surface area contributed by atoms with Gasteiger partial charge in [0.25, 0.3) is 0 Å². The summed E-state index contributed by atoms with van der Waals surface area (Å²) in [6.45, 7) is 27.1. The van der Waals surface area contributed by atoms with Crippen molar-refractivity contribution in [1.82, 2.24) is 5.32 Å². The van der Waals surface area contributed by atoms with Gasteiger partial charge in [0.1, 0.15) is 37.8 Å². The van der Waals surface area contributed by atoms with E-state index in [0.717, 1.165) is 5.56 Å². The van der Waals surface area contributed by atoms with Crippen molar-refractivity contribution in [2.45, 2.75) is 148 Å². The summed E-state index contributed by atoms with van der Waals surface area (Å²) in [6.07, 6.45) is -3.50. The first-order valence-corrected chi connectivity index (χ1v) is 22.7. The zero-order chi connectivity index (χ0) is 36.6. The molecule has 1 fully saturated rings. The molecule has 0 saturated carbocycles. The number of rotatable bonds is 17. The Hall–Kier alpha value is -1.85. The lowest BCUT2D eigenvalue weighted by Crippen LogP contribution is -2.59. The Labute approximate surface area is 291 Å². The summed E-state index contributed by atoms with van der Waals surface area (Å²) in [5.41, 5.74) is 0.827. The van der Waals surface area contributed by atoms with Crippen molar-refractivity contribution >= 4 is 28.7 Å². The maximum atomic E-state index is 13.5. The molecule has 13 heteroatoms. The second kappa shape index (κ2) is 17.4. The molecule has 1 N–H and O–H groups in total. The zero-order valence-electron chi connectivity index (χ0n) is 31.9. The van der Waals surface area contributed by atoms with E-state index in [1.807, 2.05) is 44.2 Å². The second-order valence-corrected chi connectivity index (χ2v) is 25.6. The van der Waals surface area contributed by atoms with Crippen LogP contribution in [0.2, 0.25) is 36.3 Å². The molecule has 1 aromatic carbocycles. The van der Waals surface area contributed by atoms with Crippen LogP contribution in [-0.2, 0) is 48.7 Å². The van der Waals surface area contributed by atoms with E-state index in [0.29, 0.717) is 6.61 Å². The molecule has 0 spiro atoms. The van der Waals surface area contributed by atoms with Gasteiger partial charge in [0.05, 0.1) is 12.6 Å². The van der Waals surface area contributed by atoms with Crippen LogP contribution in [0, 0.1) is 0 Å². The highest BCUT2D eigenvalue weighted by Gasteiger charge is 2.52. The molecule has 1 aliphatic heterocycles. The summed E-state index contributed by atoms with van der Waals surface area (Å²) in [7, 11) is -2.80. The first-order chi connectivity index (χ1) is 22.0. The Bertz CT molecular complexity index is 1150. The molecule has 11 nitrogen and oxygen atoms in total. The third-order valence-electron chi connectivity index (χ3n) is 9.58. The van der Waals surface area contributed by atoms with Crippen molar-refractivity contribution in [3.63, 3.8) is 0 Å². The van der Waals surface area contributed by atoms with Crippen LogP contribution in [0.3, 0.4) is 0 Å². The van der Waals surface area contributed by atoms with Gasteiger partial charge in [0.15, 0.2) is 22.4 Å². The number of hydrogen-bond donors (Lipinski definition) is 1. The zero-order valence-corrected chi connectivity index (χ0v) is 33.9. The van der Waals surface area contributed by atoms with Gasteiger partial charge in [-0.2, -0.15) is 0 Å². The van der Waals surface area contributed by atoms with Crippen LogP contribution in [0.5, 0.6) is 0 Å². The molecule has 1 aliphatic rings. The lowest BCUT2D eigenvalue weighted by Gasteiger charge is -2.40. The van der Waals surface area contributed by atoms with Crippen LogP contribution in [0.1, 0.15) is 74.3 Å². The summed E-state index contributed by atoms with van der Waals surface area (Å²) in [5, 5.41) is 2.92. The van der Waals surface area contributed by atoms with Crippen molar-refractivity contribution in [2.24, 2.45) is 0 Å². The van der Waals surface area contributed by atoms with Gasteiger partial charge in [-0.05, 0) is 55.7 Å². The number of carbonyl (C=O) groups excluding carboxylic acids is 2. The molecule has 0 radical (unpaired) electrons. The van der Waals surface area contributed by atoms with Crippen LogP contribution < -0.4 is 5.32 Å². The molecule has 48 heavy (non-hydrogen) atoms. The molecule has 1 heterocycles. The molecule has 276 valence electrons. The minimum absolute atomic E-state index is 0.0229. The number of alkyl carbamates (subject to hydrolysis) is 1. The Balaban J connectivity index is 2.52. The van der Waals surface area contributed by atoms with E-state index < -0.39 is 64.9 Å². The average molecular weight is 714 g/mol. The lowest BCUT2D eigenvalue weighted by molar-refractivity contribution is -0.184. The van der Waals surface area contributed by atoms with E-state index in [-0.39, 0.29) is 36.5 Å². The van der Waals surface area contributed by atoms with Gasteiger partial charge < -0.3 is 42.6 Å². The van der Waals surface area contributed by atoms with Gasteiger partial charge >= 0.3 is 12.1 Å². The van der Waals surface area contributed by atoms with E-state index in [9.17, 15) is 9.59 Å². The van der Waals surface area contributed by atoms with Gasteiger partial charge in [-0.3, -0.25) is 4.79 Å². The Morgan fingerprint density at radius 3 is 2.06 bits per heavy atom. The quantitative estimate of drug-likeness (QED) is 0.101. The average Bonchev–Trinajstić information content (AvgIpc) is 3.27. The molecular formula is C35H63NO10Si2. The maximum Gasteiger partial charge on any atom is 0.407 e. The molecule has 1 aromatic rings. The number of carbonyl (C=O) groups is 2. The summed E-state index contributed by atoms with van der Waals surface area (Å²) in [5.74, 6) is -1.49. The Kier molecular flexibility index (Phi) is 15.3. The van der Waals surface area contributed by atoms with Crippen LogP contribution >= 0.6 is 0 Å². The Morgan fingerprint density at radius 2 is 1.52 bits per heavy atom. The van der Waals surface area contributed by atoms with E-state index in [1.165, 1.54) is 14.0 Å². The van der Waals surface area contributed by atoms with E-state index in [2.05, 4.69) is 73.0 Å². The first-order valence-electron chi connectivity index (χ1n) is 16.9. The molecule has 1 amide bonds. The third-order valence-corrected chi connectivity index (χ3v) is 18.6. The number of esters is 1. The van der Waals surface area contributed by atoms with Crippen LogP contribution in [0.25, 0.3) is 0 Å². The standard InChI is InChI=1S/C35H63NO10Si2/c1-25(37)44-27(20-21-42-47(11,12)33(2,3)4)29(36-32(38)40-22-26-18-16-15-17-19-26)31(41-24-39-10)30-28(45-35(8,9)46-30)23-43-48(13,14)34(5,6)7/h15-19,27-31H,20-24H2,1-14H3,(H,36,38)/t27-,28-,29+,30+,31+/m0/s1. The predicted molar refractivity (Wildman–Crippen MR) is 191 cm³/mol. The van der Waals surface area contributed by atoms with Crippen molar-refractivity contribution < 1.29 is 46.9 Å².